The van der Waals surface area contributed by atoms with E-state index in [-0.39, 0.29) is 5.91 Å². The van der Waals surface area contributed by atoms with Gasteiger partial charge in [-0.2, -0.15) is 5.10 Å². The Hall–Kier alpha value is -3.15. The number of para-hydroxylation sites is 1. The molecule has 3 aromatic rings. The number of ether oxygens (including phenoxy) is 1. The minimum Gasteiger partial charge on any atom is -0.487 e. The van der Waals surface area contributed by atoms with Crippen molar-refractivity contribution in [1.82, 2.24) is 14.8 Å². The molecule has 1 amide bonds. The number of benzene rings is 1. The first-order valence-corrected chi connectivity index (χ1v) is 8.77. The van der Waals surface area contributed by atoms with Crippen LogP contribution in [-0.2, 0) is 19.6 Å². The van der Waals surface area contributed by atoms with Crippen LogP contribution in [-0.4, -0.2) is 27.2 Å². The minimum atomic E-state index is -0.0736. The van der Waals surface area contributed by atoms with Crippen molar-refractivity contribution >= 4 is 11.7 Å². The fraction of sp³-hybridized carbons (Fsp3) is 0.250. The maximum atomic E-state index is 12.9. The number of aryl methyl sites for hydroxylation is 1. The van der Waals surface area contributed by atoms with Gasteiger partial charge in [-0.1, -0.05) is 31.2 Å². The number of hydrogen-bond donors (Lipinski definition) is 0. The largest absolute Gasteiger partial charge is 0.487 e. The van der Waals surface area contributed by atoms with Gasteiger partial charge in [-0.25, -0.2) is 4.98 Å². The van der Waals surface area contributed by atoms with Gasteiger partial charge in [0.1, 0.15) is 29.6 Å². The lowest BCUT2D eigenvalue weighted by molar-refractivity contribution is 0.0961. The second kappa shape index (κ2) is 7.00. The van der Waals surface area contributed by atoms with Crippen molar-refractivity contribution in [2.45, 2.75) is 26.5 Å². The molecule has 0 radical (unpaired) electrons. The lowest BCUT2D eigenvalue weighted by atomic mass is 10.2. The third kappa shape index (κ3) is 3.18. The van der Waals surface area contributed by atoms with Gasteiger partial charge < -0.3 is 4.74 Å². The molecule has 132 valence electrons. The number of aromatic nitrogens is 3. The number of hydrogen-bond acceptors (Lipinski definition) is 4. The molecule has 0 fully saturated rings. The summed E-state index contributed by atoms with van der Waals surface area (Å²) in [6.45, 7) is 3.59. The monoisotopic (exact) mass is 348 g/mol. The first-order chi connectivity index (χ1) is 12.7. The molecule has 0 unspecified atom stereocenters. The van der Waals surface area contributed by atoms with Gasteiger partial charge in [-0.15, -0.1) is 0 Å². The highest BCUT2D eigenvalue weighted by Gasteiger charge is 2.28. The molecule has 0 atom stereocenters. The summed E-state index contributed by atoms with van der Waals surface area (Å²) >= 11 is 0. The highest BCUT2D eigenvalue weighted by Crippen LogP contribution is 2.21. The molecule has 6 nitrogen and oxygen atoms in total. The summed E-state index contributed by atoms with van der Waals surface area (Å²) in [5, 5.41) is 4.50. The van der Waals surface area contributed by atoms with Crippen LogP contribution in [0.5, 0.6) is 5.75 Å². The zero-order chi connectivity index (χ0) is 17.9. The molecule has 6 heteroatoms. The molecule has 1 aliphatic rings. The number of nitrogens with zero attached hydrogens (tertiary/aromatic N) is 4. The first kappa shape index (κ1) is 16.3. The molecule has 26 heavy (non-hydrogen) atoms. The maximum Gasteiger partial charge on any atom is 0.277 e. The number of fused-ring (bicyclic) bond motifs is 1. The second-order valence-electron chi connectivity index (χ2n) is 6.14. The van der Waals surface area contributed by atoms with Crippen LogP contribution in [0.3, 0.4) is 0 Å². The van der Waals surface area contributed by atoms with E-state index in [9.17, 15) is 4.79 Å². The molecular formula is C20H20N4O2. The molecule has 0 bridgehead atoms. The van der Waals surface area contributed by atoms with E-state index in [1.165, 1.54) is 0 Å². The average Bonchev–Trinajstić information content (AvgIpc) is 3.12. The van der Waals surface area contributed by atoms with Crippen molar-refractivity contribution in [2.75, 3.05) is 11.4 Å². The predicted octanol–water partition coefficient (Wildman–Crippen LogP) is 3.08. The molecule has 0 spiro atoms. The summed E-state index contributed by atoms with van der Waals surface area (Å²) in [4.78, 5) is 19.2. The Morgan fingerprint density at radius 1 is 1.04 bits per heavy atom. The van der Waals surface area contributed by atoms with E-state index in [2.05, 4.69) is 17.0 Å². The summed E-state index contributed by atoms with van der Waals surface area (Å²) in [6, 6.07) is 17.2. The lowest BCUT2D eigenvalue weighted by Gasteiger charge is -2.26. The van der Waals surface area contributed by atoms with Gasteiger partial charge in [0.05, 0.1) is 6.54 Å². The minimum absolute atomic E-state index is 0.0736. The molecule has 2 aromatic heterocycles. The van der Waals surface area contributed by atoms with Gasteiger partial charge >= 0.3 is 0 Å². The molecule has 0 aliphatic carbocycles. The summed E-state index contributed by atoms with van der Waals surface area (Å²) in [7, 11) is 0. The average molecular weight is 348 g/mol. The van der Waals surface area contributed by atoms with Crippen LogP contribution in [0.15, 0.2) is 54.6 Å². The van der Waals surface area contributed by atoms with Crippen molar-refractivity contribution < 1.29 is 9.53 Å². The Labute approximate surface area is 152 Å². The van der Waals surface area contributed by atoms with Gasteiger partial charge in [0.2, 0.25) is 0 Å². The van der Waals surface area contributed by atoms with Crippen LogP contribution >= 0.6 is 0 Å². The Bertz CT molecular complexity index is 921. The summed E-state index contributed by atoms with van der Waals surface area (Å²) in [5.41, 5.74) is 2.30. The van der Waals surface area contributed by atoms with E-state index in [1.807, 2.05) is 48.5 Å². The summed E-state index contributed by atoms with van der Waals surface area (Å²) in [6.07, 6.45) is 0.842. The van der Waals surface area contributed by atoms with Gasteiger partial charge in [0, 0.05) is 12.2 Å². The van der Waals surface area contributed by atoms with E-state index in [0.717, 1.165) is 23.6 Å². The number of carbonyl (C=O) groups is 1. The van der Waals surface area contributed by atoms with Crippen molar-refractivity contribution in [3.8, 4) is 5.75 Å². The summed E-state index contributed by atoms with van der Waals surface area (Å²) in [5.74, 6) is 1.41. The Kier molecular flexibility index (Phi) is 4.39. The molecule has 4 rings (SSSR count). The molecule has 0 saturated carbocycles. The van der Waals surface area contributed by atoms with Gasteiger partial charge in [0.15, 0.2) is 0 Å². The highest BCUT2D eigenvalue weighted by molar-refractivity contribution is 6.05. The fourth-order valence-electron chi connectivity index (χ4n) is 3.02. The van der Waals surface area contributed by atoms with E-state index in [4.69, 9.17) is 4.74 Å². The Morgan fingerprint density at radius 2 is 1.88 bits per heavy atom. The number of pyridine rings is 1. The Morgan fingerprint density at radius 3 is 2.69 bits per heavy atom. The van der Waals surface area contributed by atoms with Crippen molar-refractivity contribution in [2.24, 2.45) is 0 Å². The maximum absolute atomic E-state index is 12.9. The van der Waals surface area contributed by atoms with Crippen molar-refractivity contribution in [3.05, 3.63) is 71.7 Å². The summed E-state index contributed by atoms with van der Waals surface area (Å²) < 4.78 is 7.49. The zero-order valence-corrected chi connectivity index (χ0v) is 14.6. The standard InChI is InChI=1S/C20H20N4O2/c1-2-15-7-6-10-19(21-15)23-11-12-24-18(20(23)25)13-16(22-24)14-26-17-8-4-3-5-9-17/h3-10,13H,2,11-12,14H2,1H3. The van der Waals surface area contributed by atoms with Crippen LogP contribution in [0.1, 0.15) is 28.8 Å². The van der Waals surface area contributed by atoms with E-state index in [0.29, 0.717) is 31.2 Å². The normalized spacial score (nSPS) is 13.6. The van der Waals surface area contributed by atoms with E-state index < -0.39 is 0 Å². The van der Waals surface area contributed by atoms with Crippen molar-refractivity contribution in [1.29, 1.82) is 0 Å². The molecule has 3 heterocycles. The number of rotatable bonds is 5. The molecule has 1 aliphatic heterocycles. The molecule has 1 aromatic carbocycles. The number of amides is 1. The van der Waals surface area contributed by atoms with Gasteiger partial charge in [0.25, 0.3) is 5.91 Å². The van der Waals surface area contributed by atoms with E-state index >= 15 is 0 Å². The molecular weight excluding hydrogens is 328 g/mol. The SMILES string of the molecule is CCc1cccc(N2CCn3nc(COc4ccccc4)cc3C2=O)n1. The first-order valence-electron chi connectivity index (χ1n) is 8.77. The topological polar surface area (TPSA) is 60.2 Å². The molecule has 0 N–H and O–H groups in total. The Balaban J connectivity index is 1.52. The van der Waals surface area contributed by atoms with Crippen molar-refractivity contribution in [3.63, 3.8) is 0 Å². The lowest BCUT2D eigenvalue weighted by Crippen LogP contribution is -2.41. The third-order valence-electron chi connectivity index (χ3n) is 4.39. The van der Waals surface area contributed by atoms with Gasteiger partial charge in [-0.3, -0.25) is 14.4 Å². The van der Waals surface area contributed by atoms with Crippen LogP contribution in [0.4, 0.5) is 5.82 Å². The molecule has 0 saturated heterocycles. The zero-order valence-electron chi connectivity index (χ0n) is 14.6. The second-order valence-corrected chi connectivity index (χ2v) is 6.14. The quantitative estimate of drug-likeness (QED) is 0.711. The van der Waals surface area contributed by atoms with Crippen LogP contribution in [0.2, 0.25) is 0 Å². The predicted molar refractivity (Wildman–Crippen MR) is 98.3 cm³/mol. The smallest absolute Gasteiger partial charge is 0.277 e. The van der Waals surface area contributed by atoms with Gasteiger partial charge in [-0.05, 0) is 36.8 Å². The number of carbonyl (C=O) groups excluding carboxylic acids is 1. The number of anilines is 1. The van der Waals surface area contributed by atoms with Crippen LogP contribution < -0.4 is 9.64 Å². The fourth-order valence-corrected chi connectivity index (χ4v) is 3.02. The van der Waals surface area contributed by atoms with E-state index in [1.54, 1.807) is 15.6 Å². The van der Waals surface area contributed by atoms with Crippen LogP contribution in [0, 0.1) is 0 Å². The third-order valence-corrected chi connectivity index (χ3v) is 4.39. The highest BCUT2D eigenvalue weighted by atomic mass is 16.5. The van der Waals surface area contributed by atoms with Crippen LogP contribution in [0.25, 0.3) is 0 Å².